The number of benzene rings is 2. The molecule has 1 aromatic heterocycles. The summed E-state index contributed by atoms with van der Waals surface area (Å²) < 4.78 is 0. The van der Waals surface area contributed by atoms with Crippen molar-refractivity contribution in [3.63, 3.8) is 0 Å². The first-order valence-electron chi connectivity index (χ1n) is 5.89. The molecule has 18 heavy (non-hydrogen) atoms. The van der Waals surface area contributed by atoms with Crippen LogP contribution in [0.2, 0.25) is 0 Å². The smallest absolute Gasteiger partial charge is 0.0777 e. The van der Waals surface area contributed by atoms with Crippen molar-refractivity contribution >= 4 is 16.5 Å². The van der Waals surface area contributed by atoms with E-state index in [0.717, 1.165) is 11.4 Å². The van der Waals surface area contributed by atoms with E-state index in [0.29, 0.717) is 6.54 Å². The highest BCUT2D eigenvalue weighted by atomic mass is 14.9. The molecule has 1 heterocycles. The number of anilines is 1. The van der Waals surface area contributed by atoms with Gasteiger partial charge in [-0.25, -0.2) is 0 Å². The molecule has 0 saturated heterocycles. The summed E-state index contributed by atoms with van der Waals surface area (Å²) in [6.07, 6.45) is 5.16. The fourth-order valence-corrected chi connectivity index (χ4v) is 1.91. The zero-order valence-electron chi connectivity index (χ0n) is 9.88. The van der Waals surface area contributed by atoms with E-state index in [1.54, 1.807) is 18.6 Å². The number of hydrogen-bond acceptors (Lipinski definition) is 3. The predicted octanol–water partition coefficient (Wildman–Crippen LogP) is 3.24. The summed E-state index contributed by atoms with van der Waals surface area (Å²) in [5.74, 6) is 0. The van der Waals surface area contributed by atoms with Gasteiger partial charge >= 0.3 is 0 Å². The summed E-state index contributed by atoms with van der Waals surface area (Å²) in [5, 5.41) is 5.84. The Labute approximate surface area is 106 Å². The van der Waals surface area contributed by atoms with Crippen LogP contribution in [0.5, 0.6) is 0 Å². The zero-order chi connectivity index (χ0) is 12.2. The molecule has 3 nitrogen and oxygen atoms in total. The molecule has 88 valence electrons. The highest BCUT2D eigenvalue weighted by Crippen LogP contribution is 2.19. The molecule has 0 unspecified atom stereocenters. The van der Waals surface area contributed by atoms with Gasteiger partial charge < -0.3 is 5.32 Å². The number of rotatable bonds is 3. The molecule has 0 bridgehead atoms. The molecule has 0 amide bonds. The summed E-state index contributed by atoms with van der Waals surface area (Å²) in [4.78, 5) is 8.28. The van der Waals surface area contributed by atoms with Crippen LogP contribution < -0.4 is 5.32 Å². The summed E-state index contributed by atoms with van der Waals surface area (Å²) in [5.41, 5.74) is 2.03. The molecule has 1 N–H and O–H groups in total. The summed E-state index contributed by atoms with van der Waals surface area (Å²) in [6.45, 7) is 0.687. The Kier molecular flexibility index (Phi) is 2.88. The van der Waals surface area contributed by atoms with Crippen molar-refractivity contribution in [3.05, 3.63) is 66.7 Å². The van der Waals surface area contributed by atoms with Gasteiger partial charge in [0.05, 0.1) is 18.4 Å². The summed E-state index contributed by atoms with van der Waals surface area (Å²) in [7, 11) is 0. The average molecular weight is 235 g/mol. The first kappa shape index (κ1) is 10.7. The third-order valence-electron chi connectivity index (χ3n) is 2.84. The lowest BCUT2D eigenvalue weighted by Crippen LogP contribution is -2.01. The van der Waals surface area contributed by atoms with Gasteiger partial charge in [0.2, 0.25) is 0 Å². The highest BCUT2D eigenvalue weighted by Gasteiger charge is 1.97. The molecule has 0 aliphatic rings. The summed E-state index contributed by atoms with van der Waals surface area (Å²) >= 11 is 0. The molecule has 3 aromatic rings. The molecule has 3 heteroatoms. The van der Waals surface area contributed by atoms with Gasteiger partial charge in [-0.05, 0) is 22.9 Å². The first-order valence-corrected chi connectivity index (χ1v) is 5.89. The van der Waals surface area contributed by atoms with Crippen LogP contribution in [0.1, 0.15) is 5.69 Å². The van der Waals surface area contributed by atoms with Crippen molar-refractivity contribution < 1.29 is 0 Å². The minimum Gasteiger partial charge on any atom is -0.379 e. The molecular formula is C15H13N3. The van der Waals surface area contributed by atoms with Gasteiger partial charge in [-0.2, -0.15) is 0 Å². The topological polar surface area (TPSA) is 37.8 Å². The maximum atomic E-state index is 4.23. The molecule has 0 radical (unpaired) electrons. The molecule has 0 atom stereocenters. The van der Waals surface area contributed by atoms with Gasteiger partial charge in [0.25, 0.3) is 0 Å². The molecule has 3 rings (SSSR count). The number of fused-ring (bicyclic) bond motifs is 1. The van der Waals surface area contributed by atoms with E-state index in [4.69, 9.17) is 0 Å². The maximum absolute atomic E-state index is 4.23. The van der Waals surface area contributed by atoms with Crippen LogP contribution in [0.4, 0.5) is 5.69 Å². The van der Waals surface area contributed by atoms with Crippen LogP contribution in [-0.4, -0.2) is 9.97 Å². The van der Waals surface area contributed by atoms with E-state index in [1.165, 1.54) is 10.8 Å². The van der Waals surface area contributed by atoms with Crippen molar-refractivity contribution in [2.45, 2.75) is 6.54 Å². The number of nitrogens with zero attached hydrogens (tertiary/aromatic N) is 2. The molecule has 0 fully saturated rings. The van der Waals surface area contributed by atoms with Crippen molar-refractivity contribution in [2.75, 3.05) is 5.32 Å². The quantitative estimate of drug-likeness (QED) is 0.757. The lowest BCUT2D eigenvalue weighted by atomic mass is 10.1. The van der Waals surface area contributed by atoms with E-state index < -0.39 is 0 Å². The van der Waals surface area contributed by atoms with Gasteiger partial charge in [0, 0.05) is 18.1 Å². The van der Waals surface area contributed by atoms with Crippen molar-refractivity contribution in [3.8, 4) is 0 Å². The normalized spacial score (nSPS) is 10.4. The highest BCUT2D eigenvalue weighted by molar-refractivity contribution is 5.85. The molecule has 0 aliphatic carbocycles. The standard InChI is InChI=1S/C15H13N3/c1-2-4-13-9-14(6-5-12(13)3-1)18-11-15-10-16-7-8-17-15/h1-10,18H,11H2. The van der Waals surface area contributed by atoms with Crippen LogP contribution >= 0.6 is 0 Å². The van der Waals surface area contributed by atoms with Gasteiger partial charge in [0.15, 0.2) is 0 Å². The Morgan fingerprint density at radius 2 is 1.83 bits per heavy atom. The predicted molar refractivity (Wildman–Crippen MR) is 73.3 cm³/mol. The van der Waals surface area contributed by atoms with Crippen molar-refractivity contribution in [1.29, 1.82) is 0 Å². The number of hydrogen-bond donors (Lipinski definition) is 1. The second-order valence-corrected chi connectivity index (χ2v) is 4.11. The van der Waals surface area contributed by atoms with Crippen LogP contribution in [0.3, 0.4) is 0 Å². The Bertz CT molecular complexity index is 650. The Morgan fingerprint density at radius 3 is 2.67 bits per heavy atom. The number of nitrogens with one attached hydrogen (secondary N) is 1. The lowest BCUT2D eigenvalue weighted by molar-refractivity contribution is 1.01. The van der Waals surface area contributed by atoms with Gasteiger partial charge in [0.1, 0.15) is 0 Å². The number of aromatic nitrogens is 2. The minimum atomic E-state index is 0.687. The van der Waals surface area contributed by atoms with E-state index in [-0.39, 0.29) is 0 Å². The third kappa shape index (κ3) is 2.30. The maximum Gasteiger partial charge on any atom is 0.0777 e. The fourth-order valence-electron chi connectivity index (χ4n) is 1.91. The molecule has 0 saturated carbocycles. The Balaban J connectivity index is 1.79. The minimum absolute atomic E-state index is 0.687. The second kappa shape index (κ2) is 4.84. The molecule has 0 aliphatic heterocycles. The fraction of sp³-hybridized carbons (Fsp3) is 0.0667. The van der Waals surface area contributed by atoms with Crippen molar-refractivity contribution in [1.82, 2.24) is 9.97 Å². The van der Waals surface area contributed by atoms with E-state index in [9.17, 15) is 0 Å². The molecule has 0 spiro atoms. The van der Waals surface area contributed by atoms with E-state index in [1.807, 2.05) is 0 Å². The van der Waals surface area contributed by atoms with E-state index in [2.05, 4.69) is 57.7 Å². The summed E-state index contributed by atoms with van der Waals surface area (Å²) in [6, 6.07) is 14.7. The first-order chi connectivity index (χ1) is 8.92. The Morgan fingerprint density at radius 1 is 0.944 bits per heavy atom. The van der Waals surface area contributed by atoms with Crippen LogP contribution in [0.15, 0.2) is 61.1 Å². The van der Waals surface area contributed by atoms with Crippen LogP contribution in [0, 0.1) is 0 Å². The monoisotopic (exact) mass is 235 g/mol. The van der Waals surface area contributed by atoms with Gasteiger partial charge in [-0.15, -0.1) is 0 Å². The van der Waals surface area contributed by atoms with Crippen molar-refractivity contribution in [2.24, 2.45) is 0 Å². The van der Waals surface area contributed by atoms with Gasteiger partial charge in [-0.3, -0.25) is 9.97 Å². The Hall–Kier alpha value is -2.42. The van der Waals surface area contributed by atoms with Crippen LogP contribution in [-0.2, 0) is 6.54 Å². The van der Waals surface area contributed by atoms with E-state index >= 15 is 0 Å². The SMILES string of the molecule is c1ccc2cc(NCc3cnccn3)ccc2c1. The third-order valence-corrected chi connectivity index (χ3v) is 2.84. The van der Waals surface area contributed by atoms with Crippen LogP contribution in [0.25, 0.3) is 10.8 Å². The zero-order valence-corrected chi connectivity index (χ0v) is 9.88. The molecular weight excluding hydrogens is 222 g/mol. The lowest BCUT2D eigenvalue weighted by Gasteiger charge is -2.06. The molecule has 2 aromatic carbocycles. The largest absolute Gasteiger partial charge is 0.379 e. The average Bonchev–Trinajstić information content (AvgIpc) is 2.46. The van der Waals surface area contributed by atoms with Gasteiger partial charge in [-0.1, -0.05) is 30.3 Å². The second-order valence-electron chi connectivity index (χ2n) is 4.11.